The van der Waals surface area contributed by atoms with Gasteiger partial charge in [0, 0.05) is 10.1 Å². The maximum atomic E-state index is 9.13. The molecule has 0 N–H and O–H groups in total. The van der Waals surface area contributed by atoms with Gasteiger partial charge in [-0.3, -0.25) is 0 Å². The van der Waals surface area contributed by atoms with Crippen LogP contribution < -0.4 is 0 Å². The molecular formula is C15H7N3S. The maximum absolute atomic E-state index is 9.13. The third kappa shape index (κ3) is 1.42. The Labute approximate surface area is 112 Å². The van der Waals surface area contributed by atoms with Gasteiger partial charge >= 0.3 is 0 Å². The van der Waals surface area contributed by atoms with Crippen molar-refractivity contribution in [3.8, 4) is 6.07 Å². The number of benzene rings is 2. The Morgan fingerprint density at radius 3 is 2.74 bits per heavy atom. The Morgan fingerprint density at radius 1 is 0.947 bits per heavy atom. The summed E-state index contributed by atoms with van der Waals surface area (Å²) in [4.78, 5) is 10.2. The van der Waals surface area contributed by atoms with Crippen LogP contribution in [0, 0.1) is 11.3 Å². The standard InChI is InChI=1S/C15H7N3S/c16-8-9-4-3-6-11-13(9)18-15-14(17-11)10-5-1-2-7-12(10)19-15/h1-7H. The highest BCUT2D eigenvalue weighted by Crippen LogP contribution is 2.32. The fourth-order valence-electron chi connectivity index (χ4n) is 2.25. The molecule has 3 nitrogen and oxygen atoms in total. The zero-order valence-electron chi connectivity index (χ0n) is 9.79. The van der Waals surface area contributed by atoms with Gasteiger partial charge in [-0.1, -0.05) is 24.3 Å². The molecule has 4 heteroatoms. The number of para-hydroxylation sites is 1. The Hall–Kier alpha value is -2.51. The lowest BCUT2D eigenvalue weighted by Gasteiger charge is -1.98. The highest BCUT2D eigenvalue weighted by atomic mass is 32.1. The Bertz CT molecular complexity index is 979. The van der Waals surface area contributed by atoms with E-state index < -0.39 is 0 Å². The molecule has 0 fully saturated rings. The molecule has 19 heavy (non-hydrogen) atoms. The summed E-state index contributed by atoms with van der Waals surface area (Å²) in [5.74, 6) is 0. The summed E-state index contributed by atoms with van der Waals surface area (Å²) in [6, 6.07) is 15.8. The molecule has 0 amide bonds. The van der Waals surface area contributed by atoms with Crippen molar-refractivity contribution in [2.24, 2.45) is 0 Å². The summed E-state index contributed by atoms with van der Waals surface area (Å²) in [7, 11) is 0. The fourth-order valence-corrected chi connectivity index (χ4v) is 3.27. The minimum Gasteiger partial charge on any atom is -0.243 e. The lowest BCUT2D eigenvalue weighted by molar-refractivity contribution is 1.41. The summed E-state index contributed by atoms with van der Waals surface area (Å²) in [5.41, 5.74) is 2.95. The molecule has 0 aliphatic carbocycles. The van der Waals surface area contributed by atoms with E-state index in [1.165, 1.54) is 4.70 Å². The Morgan fingerprint density at radius 2 is 1.84 bits per heavy atom. The highest BCUT2D eigenvalue weighted by Gasteiger charge is 2.10. The average Bonchev–Trinajstić information content (AvgIpc) is 2.82. The van der Waals surface area contributed by atoms with E-state index in [9.17, 15) is 0 Å². The predicted octanol–water partition coefficient (Wildman–Crippen LogP) is 3.87. The minimum atomic E-state index is 0.573. The van der Waals surface area contributed by atoms with Gasteiger partial charge in [0.2, 0.25) is 0 Å². The molecule has 0 aliphatic heterocycles. The summed E-state index contributed by atoms with van der Waals surface area (Å²) in [6.07, 6.45) is 0. The number of nitriles is 1. The van der Waals surface area contributed by atoms with E-state index in [4.69, 9.17) is 5.26 Å². The van der Waals surface area contributed by atoms with Gasteiger partial charge in [0.1, 0.15) is 21.9 Å². The van der Waals surface area contributed by atoms with Crippen molar-refractivity contribution in [2.45, 2.75) is 0 Å². The first kappa shape index (κ1) is 10.4. The van der Waals surface area contributed by atoms with Gasteiger partial charge < -0.3 is 0 Å². The number of aromatic nitrogens is 2. The molecule has 88 valence electrons. The molecule has 0 bridgehead atoms. The minimum absolute atomic E-state index is 0.573. The number of nitrogens with zero attached hydrogens (tertiary/aromatic N) is 3. The summed E-state index contributed by atoms with van der Waals surface area (Å²) >= 11 is 1.61. The topological polar surface area (TPSA) is 49.6 Å². The SMILES string of the molecule is N#Cc1cccc2nc3c(nc12)sc1ccccc13. The normalized spacial score (nSPS) is 11.1. The molecule has 4 aromatic rings. The van der Waals surface area contributed by atoms with E-state index in [1.54, 1.807) is 17.4 Å². The van der Waals surface area contributed by atoms with E-state index in [-0.39, 0.29) is 0 Å². The summed E-state index contributed by atoms with van der Waals surface area (Å²) < 4.78 is 1.17. The Kier molecular flexibility index (Phi) is 2.05. The number of hydrogen-bond acceptors (Lipinski definition) is 4. The average molecular weight is 261 g/mol. The molecule has 0 unspecified atom stereocenters. The zero-order chi connectivity index (χ0) is 12.8. The first-order valence-corrected chi connectivity index (χ1v) is 6.66. The fraction of sp³-hybridized carbons (Fsp3) is 0. The first-order valence-electron chi connectivity index (χ1n) is 5.85. The molecule has 0 saturated carbocycles. The van der Waals surface area contributed by atoms with Crippen molar-refractivity contribution < 1.29 is 0 Å². The molecule has 0 saturated heterocycles. The van der Waals surface area contributed by atoms with Crippen LogP contribution in [-0.2, 0) is 0 Å². The van der Waals surface area contributed by atoms with Crippen LogP contribution in [0.15, 0.2) is 42.5 Å². The van der Waals surface area contributed by atoms with Gasteiger partial charge in [0.15, 0.2) is 0 Å². The van der Waals surface area contributed by atoms with Gasteiger partial charge in [0.05, 0.1) is 11.1 Å². The van der Waals surface area contributed by atoms with Crippen LogP contribution in [0.2, 0.25) is 0 Å². The molecule has 0 aliphatic rings. The zero-order valence-corrected chi connectivity index (χ0v) is 10.6. The molecule has 2 aromatic carbocycles. The number of rotatable bonds is 0. The van der Waals surface area contributed by atoms with Crippen LogP contribution in [0.1, 0.15) is 5.56 Å². The molecular weight excluding hydrogens is 254 g/mol. The number of thiophene rings is 1. The van der Waals surface area contributed by atoms with Crippen LogP contribution in [-0.4, -0.2) is 9.97 Å². The predicted molar refractivity (Wildman–Crippen MR) is 77.1 cm³/mol. The highest BCUT2D eigenvalue weighted by molar-refractivity contribution is 7.25. The van der Waals surface area contributed by atoms with Crippen molar-refractivity contribution in [1.29, 1.82) is 5.26 Å². The van der Waals surface area contributed by atoms with Gasteiger partial charge in [-0.2, -0.15) is 5.26 Å². The maximum Gasteiger partial charge on any atom is 0.143 e. The summed E-state index contributed by atoms with van der Waals surface area (Å²) in [5, 5.41) is 10.3. The second kappa shape index (κ2) is 3.74. The van der Waals surface area contributed by atoms with Crippen LogP contribution in [0.25, 0.3) is 31.5 Å². The Balaban J connectivity index is 2.25. The van der Waals surface area contributed by atoms with E-state index in [1.807, 2.05) is 24.3 Å². The number of hydrogen-bond donors (Lipinski definition) is 0. The molecule has 0 radical (unpaired) electrons. The summed E-state index contributed by atoms with van der Waals surface area (Å²) in [6.45, 7) is 0. The van der Waals surface area contributed by atoms with E-state index in [2.05, 4.69) is 28.2 Å². The van der Waals surface area contributed by atoms with Crippen molar-refractivity contribution in [3.63, 3.8) is 0 Å². The quantitative estimate of drug-likeness (QED) is 0.483. The van der Waals surface area contributed by atoms with Crippen LogP contribution in [0.3, 0.4) is 0 Å². The second-order valence-electron chi connectivity index (χ2n) is 4.26. The van der Waals surface area contributed by atoms with Crippen LogP contribution in [0.4, 0.5) is 0 Å². The first-order chi connectivity index (χ1) is 9.36. The smallest absolute Gasteiger partial charge is 0.143 e. The van der Waals surface area contributed by atoms with Crippen molar-refractivity contribution >= 4 is 42.8 Å². The molecule has 2 aromatic heterocycles. The molecule has 0 spiro atoms. The third-order valence-electron chi connectivity index (χ3n) is 3.13. The van der Waals surface area contributed by atoms with Crippen molar-refractivity contribution in [3.05, 3.63) is 48.0 Å². The van der Waals surface area contributed by atoms with Crippen molar-refractivity contribution in [2.75, 3.05) is 0 Å². The van der Waals surface area contributed by atoms with E-state index in [0.717, 1.165) is 21.3 Å². The third-order valence-corrected chi connectivity index (χ3v) is 4.19. The van der Waals surface area contributed by atoms with Crippen LogP contribution >= 0.6 is 11.3 Å². The largest absolute Gasteiger partial charge is 0.243 e. The lowest BCUT2D eigenvalue weighted by Crippen LogP contribution is -1.87. The van der Waals surface area contributed by atoms with Gasteiger partial charge in [-0.25, -0.2) is 9.97 Å². The molecule has 4 rings (SSSR count). The van der Waals surface area contributed by atoms with E-state index in [0.29, 0.717) is 11.1 Å². The number of fused-ring (bicyclic) bond motifs is 4. The van der Waals surface area contributed by atoms with Gasteiger partial charge in [0.25, 0.3) is 0 Å². The van der Waals surface area contributed by atoms with Gasteiger partial charge in [-0.15, -0.1) is 11.3 Å². The molecule has 2 heterocycles. The molecule has 0 atom stereocenters. The lowest BCUT2D eigenvalue weighted by atomic mass is 10.2. The second-order valence-corrected chi connectivity index (χ2v) is 5.29. The van der Waals surface area contributed by atoms with Crippen LogP contribution in [0.5, 0.6) is 0 Å². The van der Waals surface area contributed by atoms with E-state index >= 15 is 0 Å². The monoisotopic (exact) mass is 261 g/mol. The van der Waals surface area contributed by atoms with Crippen molar-refractivity contribution in [1.82, 2.24) is 9.97 Å². The van der Waals surface area contributed by atoms with Gasteiger partial charge in [-0.05, 0) is 18.2 Å².